The number of aryl methyl sites for hydroxylation is 1. The molecule has 0 aromatic carbocycles. The van der Waals surface area contributed by atoms with Crippen molar-refractivity contribution in [2.45, 2.75) is 26.3 Å². The molecule has 0 spiro atoms. The molecule has 1 aliphatic heterocycles. The van der Waals surface area contributed by atoms with Crippen molar-refractivity contribution in [3.8, 4) is 0 Å². The van der Waals surface area contributed by atoms with Crippen LogP contribution in [0.2, 0.25) is 0 Å². The Labute approximate surface area is 113 Å². The Hall–Kier alpha value is -1.91. The Kier molecular flexibility index (Phi) is 3.44. The molecule has 0 atom stereocenters. The summed E-state index contributed by atoms with van der Waals surface area (Å²) in [5.41, 5.74) is 0.983. The van der Waals surface area contributed by atoms with Crippen LogP contribution >= 0.6 is 0 Å². The van der Waals surface area contributed by atoms with E-state index in [1.54, 1.807) is 6.20 Å². The smallest absolute Gasteiger partial charge is 0.147 e. The molecule has 3 heterocycles. The van der Waals surface area contributed by atoms with E-state index in [4.69, 9.17) is 0 Å². The molecule has 1 saturated heterocycles. The lowest BCUT2D eigenvalue weighted by Crippen LogP contribution is -2.35. The Balaban J connectivity index is 1.57. The van der Waals surface area contributed by atoms with Crippen LogP contribution in [-0.4, -0.2) is 32.8 Å². The van der Waals surface area contributed by atoms with Gasteiger partial charge in [-0.3, -0.25) is 9.67 Å². The molecule has 0 saturated carbocycles. The second-order valence-electron chi connectivity index (χ2n) is 5.18. The van der Waals surface area contributed by atoms with Crippen molar-refractivity contribution in [1.29, 1.82) is 0 Å². The van der Waals surface area contributed by atoms with Gasteiger partial charge in [-0.2, -0.15) is 5.10 Å². The maximum atomic E-state index is 4.54. The van der Waals surface area contributed by atoms with E-state index in [0.717, 1.165) is 31.1 Å². The lowest BCUT2D eigenvalue weighted by molar-refractivity contribution is 0.341. The Morgan fingerprint density at radius 2 is 2.11 bits per heavy atom. The first-order valence-electron chi connectivity index (χ1n) is 6.82. The van der Waals surface area contributed by atoms with Crippen LogP contribution in [0.4, 0.5) is 5.82 Å². The van der Waals surface area contributed by atoms with Gasteiger partial charge in [-0.15, -0.1) is 0 Å². The van der Waals surface area contributed by atoms with Crippen LogP contribution in [-0.2, 0) is 6.54 Å². The third-order valence-electron chi connectivity index (χ3n) is 3.69. The van der Waals surface area contributed by atoms with Crippen molar-refractivity contribution in [3.63, 3.8) is 0 Å². The minimum atomic E-state index is 0.717. The quantitative estimate of drug-likeness (QED) is 0.842. The molecule has 5 nitrogen and oxygen atoms in total. The molecule has 2 aromatic heterocycles. The van der Waals surface area contributed by atoms with Crippen molar-refractivity contribution in [2.75, 3.05) is 18.0 Å². The van der Waals surface area contributed by atoms with Crippen molar-refractivity contribution in [2.24, 2.45) is 5.92 Å². The first kappa shape index (κ1) is 12.1. The van der Waals surface area contributed by atoms with E-state index in [1.807, 2.05) is 36.3 Å². The first-order chi connectivity index (χ1) is 9.31. The first-order valence-corrected chi connectivity index (χ1v) is 6.82. The Bertz CT molecular complexity index is 514. The molecular formula is C14H19N5. The standard InChI is InChI=1S/C14H19N5/c1-12-9-15-10-14(17-12)18-7-3-13(4-8-18)11-19-6-2-5-16-19/h2,5-6,9-10,13H,3-4,7-8,11H2,1H3. The van der Waals surface area contributed by atoms with Crippen molar-refractivity contribution in [1.82, 2.24) is 19.7 Å². The SMILES string of the molecule is Cc1cncc(N2CCC(Cn3cccn3)CC2)n1. The van der Waals surface area contributed by atoms with Gasteiger partial charge in [0, 0.05) is 38.2 Å². The lowest BCUT2D eigenvalue weighted by atomic mass is 9.97. The fourth-order valence-corrected chi connectivity index (χ4v) is 2.62. The van der Waals surface area contributed by atoms with E-state index in [9.17, 15) is 0 Å². The van der Waals surface area contributed by atoms with Crippen LogP contribution in [0.1, 0.15) is 18.5 Å². The van der Waals surface area contributed by atoms with Crippen LogP contribution in [0.15, 0.2) is 30.9 Å². The molecule has 5 heteroatoms. The zero-order valence-corrected chi connectivity index (χ0v) is 11.2. The summed E-state index contributed by atoms with van der Waals surface area (Å²) in [5.74, 6) is 1.73. The van der Waals surface area contributed by atoms with Gasteiger partial charge in [-0.1, -0.05) is 0 Å². The van der Waals surface area contributed by atoms with Gasteiger partial charge in [0.1, 0.15) is 5.82 Å². The molecule has 1 fully saturated rings. The molecular weight excluding hydrogens is 238 g/mol. The van der Waals surface area contributed by atoms with E-state index in [1.165, 1.54) is 12.8 Å². The number of hydrogen-bond acceptors (Lipinski definition) is 4. The van der Waals surface area contributed by atoms with Crippen LogP contribution < -0.4 is 4.90 Å². The highest BCUT2D eigenvalue weighted by Gasteiger charge is 2.20. The molecule has 0 bridgehead atoms. The topological polar surface area (TPSA) is 46.8 Å². The maximum Gasteiger partial charge on any atom is 0.147 e. The van der Waals surface area contributed by atoms with Crippen molar-refractivity contribution >= 4 is 5.82 Å². The highest BCUT2D eigenvalue weighted by molar-refractivity contribution is 5.36. The van der Waals surface area contributed by atoms with Crippen LogP contribution in [0.25, 0.3) is 0 Å². The van der Waals surface area contributed by atoms with Gasteiger partial charge in [0.15, 0.2) is 0 Å². The molecule has 0 aliphatic carbocycles. The average molecular weight is 257 g/mol. The molecule has 100 valence electrons. The van der Waals surface area contributed by atoms with Crippen molar-refractivity contribution < 1.29 is 0 Å². The normalized spacial score (nSPS) is 16.8. The second-order valence-corrected chi connectivity index (χ2v) is 5.18. The van der Waals surface area contributed by atoms with E-state index >= 15 is 0 Å². The molecule has 3 rings (SSSR count). The van der Waals surface area contributed by atoms with Gasteiger partial charge in [-0.25, -0.2) is 4.98 Å². The Morgan fingerprint density at radius 3 is 2.79 bits per heavy atom. The van der Waals surface area contributed by atoms with Gasteiger partial charge in [-0.05, 0) is 31.7 Å². The number of rotatable bonds is 3. The summed E-state index contributed by atoms with van der Waals surface area (Å²) in [6, 6.07) is 1.98. The summed E-state index contributed by atoms with van der Waals surface area (Å²) in [6.07, 6.45) is 9.93. The molecule has 1 aliphatic rings. The zero-order chi connectivity index (χ0) is 13.1. The highest BCUT2D eigenvalue weighted by Crippen LogP contribution is 2.22. The number of hydrogen-bond donors (Lipinski definition) is 0. The number of anilines is 1. The third kappa shape index (κ3) is 2.92. The summed E-state index contributed by atoms with van der Waals surface area (Å²) in [5, 5.41) is 4.28. The minimum absolute atomic E-state index is 0.717. The fraction of sp³-hybridized carbons (Fsp3) is 0.500. The predicted octanol–water partition coefficient (Wildman–Crippen LogP) is 1.90. The van der Waals surface area contributed by atoms with E-state index in [-0.39, 0.29) is 0 Å². The summed E-state index contributed by atoms with van der Waals surface area (Å²) < 4.78 is 2.03. The maximum absolute atomic E-state index is 4.54. The molecule has 0 amide bonds. The summed E-state index contributed by atoms with van der Waals surface area (Å²) in [7, 11) is 0. The number of piperidine rings is 1. The second kappa shape index (κ2) is 5.38. The van der Waals surface area contributed by atoms with E-state index < -0.39 is 0 Å². The highest BCUT2D eigenvalue weighted by atomic mass is 15.3. The summed E-state index contributed by atoms with van der Waals surface area (Å²) in [6.45, 7) is 5.13. The average Bonchev–Trinajstić information content (AvgIpc) is 2.92. The van der Waals surface area contributed by atoms with Gasteiger partial charge in [0.05, 0.1) is 11.9 Å². The van der Waals surface area contributed by atoms with E-state index in [2.05, 4.69) is 20.0 Å². The third-order valence-corrected chi connectivity index (χ3v) is 3.69. The molecule has 0 radical (unpaired) electrons. The number of nitrogens with zero attached hydrogens (tertiary/aromatic N) is 5. The zero-order valence-electron chi connectivity index (χ0n) is 11.2. The van der Waals surface area contributed by atoms with Crippen molar-refractivity contribution in [3.05, 3.63) is 36.5 Å². The van der Waals surface area contributed by atoms with Gasteiger partial charge in [0.2, 0.25) is 0 Å². The van der Waals surface area contributed by atoms with Gasteiger partial charge >= 0.3 is 0 Å². The summed E-state index contributed by atoms with van der Waals surface area (Å²) in [4.78, 5) is 11.1. The molecule has 2 aromatic rings. The molecule has 19 heavy (non-hydrogen) atoms. The van der Waals surface area contributed by atoms with E-state index in [0.29, 0.717) is 5.92 Å². The summed E-state index contributed by atoms with van der Waals surface area (Å²) >= 11 is 0. The largest absolute Gasteiger partial charge is 0.355 e. The molecule has 0 N–H and O–H groups in total. The van der Waals surface area contributed by atoms with Crippen LogP contribution in [0.5, 0.6) is 0 Å². The van der Waals surface area contributed by atoms with Gasteiger partial charge in [0.25, 0.3) is 0 Å². The van der Waals surface area contributed by atoms with Crippen LogP contribution in [0, 0.1) is 12.8 Å². The van der Waals surface area contributed by atoms with Gasteiger partial charge < -0.3 is 4.90 Å². The Morgan fingerprint density at radius 1 is 1.26 bits per heavy atom. The minimum Gasteiger partial charge on any atom is -0.355 e. The predicted molar refractivity (Wildman–Crippen MR) is 73.9 cm³/mol. The van der Waals surface area contributed by atoms with Crippen LogP contribution in [0.3, 0.4) is 0 Å². The number of aromatic nitrogens is 4. The fourth-order valence-electron chi connectivity index (χ4n) is 2.62. The molecule has 0 unspecified atom stereocenters. The lowest BCUT2D eigenvalue weighted by Gasteiger charge is -2.32. The monoisotopic (exact) mass is 257 g/mol.